The number of Topliss-reactive ketones (excluding diaryl/α,β-unsaturated/α-hetero) is 3. The summed E-state index contributed by atoms with van der Waals surface area (Å²) in [5.41, 5.74) is -6.14. The fourth-order valence-electron chi connectivity index (χ4n) is 6.12. The van der Waals surface area contributed by atoms with Crippen molar-refractivity contribution in [1.82, 2.24) is 0 Å². The van der Waals surface area contributed by atoms with E-state index in [-0.39, 0.29) is 18.8 Å². The van der Waals surface area contributed by atoms with E-state index < -0.39 is 62.5 Å². The lowest BCUT2D eigenvalue weighted by Gasteiger charge is -2.39. The van der Waals surface area contributed by atoms with Crippen LogP contribution in [0.5, 0.6) is 0 Å². The average Bonchev–Trinajstić information content (AvgIpc) is 3.01. The summed E-state index contributed by atoms with van der Waals surface area (Å²) in [5, 5.41) is 33.2. The van der Waals surface area contributed by atoms with Gasteiger partial charge in [-0.3, -0.25) is 14.4 Å². The number of aliphatic hydroxyl groups is 3. The van der Waals surface area contributed by atoms with Gasteiger partial charge in [0.2, 0.25) is 5.78 Å². The second-order valence-corrected chi connectivity index (χ2v) is 9.82. The summed E-state index contributed by atoms with van der Waals surface area (Å²) in [7, 11) is 0. The summed E-state index contributed by atoms with van der Waals surface area (Å²) in [6, 6.07) is 0. The van der Waals surface area contributed by atoms with Crippen molar-refractivity contribution in [2.24, 2.45) is 28.6 Å². The molecule has 1 spiro atoms. The molecule has 0 radical (unpaired) electrons. The molecular formula is C21H30O6. The second kappa shape index (κ2) is 5.51. The van der Waals surface area contributed by atoms with Crippen LogP contribution in [0.15, 0.2) is 11.3 Å². The van der Waals surface area contributed by atoms with Gasteiger partial charge in [-0.15, -0.1) is 0 Å². The number of carbonyl (C=O) groups excluding carboxylic acids is 3. The van der Waals surface area contributed by atoms with E-state index in [2.05, 4.69) is 0 Å². The van der Waals surface area contributed by atoms with Gasteiger partial charge in [0, 0.05) is 12.3 Å². The molecule has 0 aliphatic heterocycles. The van der Waals surface area contributed by atoms with E-state index >= 15 is 0 Å². The molecule has 0 aromatic rings. The van der Waals surface area contributed by atoms with E-state index in [9.17, 15) is 29.7 Å². The van der Waals surface area contributed by atoms with Crippen LogP contribution in [0.1, 0.15) is 60.8 Å². The molecule has 5 unspecified atom stereocenters. The fourth-order valence-corrected chi connectivity index (χ4v) is 6.12. The topological polar surface area (TPSA) is 112 Å². The Morgan fingerprint density at radius 1 is 1.30 bits per heavy atom. The molecule has 27 heavy (non-hydrogen) atoms. The normalized spacial score (nSPS) is 39.0. The van der Waals surface area contributed by atoms with Crippen molar-refractivity contribution in [3.8, 4) is 0 Å². The minimum absolute atomic E-state index is 0.0588. The van der Waals surface area contributed by atoms with Crippen LogP contribution in [-0.4, -0.2) is 43.9 Å². The Balaban J connectivity index is 2.27. The molecule has 3 N–H and O–H groups in total. The molecule has 0 saturated heterocycles. The van der Waals surface area contributed by atoms with E-state index in [1.807, 2.05) is 13.8 Å². The SMILES string of the molecule is CCC(C)C(=O)C1=C(O)C23CC(C(C)(C)O)C(C)(C)C2CC(=O)C3(O)C1=O. The van der Waals surface area contributed by atoms with Crippen molar-refractivity contribution in [1.29, 1.82) is 0 Å². The Morgan fingerprint density at radius 2 is 1.85 bits per heavy atom. The minimum Gasteiger partial charge on any atom is -0.511 e. The van der Waals surface area contributed by atoms with Crippen LogP contribution in [0.25, 0.3) is 0 Å². The number of hydrogen-bond acceptors (Lipinski definition) is 6. The molecule has 3 rings (SSSR count). The van der Waals surface area contributed by atoms with Crippen LogP contribution >= 0.6 is 0 Å². The highest BCUT2D eigenvalue weighted by atomic mass is 16.3. The highest BCUT2D eigenvalue weighted by Gasteiger charge is 2.81. The molecule has 2 saturated carbocycles. The van der Waals surface area contributed by atoms with Gasteiger partial charge in [0.05, 0.1) is 11.0 Å². The van der Waals surface area contributed by atoms with E-state index in [0.29, 0.717) is 6.42 Å². The van der Waals surface area contributed by atoms with Gasteiger partial charge in [0.1, 0.15) is 11.3 Å². The van der Waals surface area contributed by atoms with Crippen LogP contribution in [0.3, 0.4) is 0 Å². The van der Waals surface area contributed by atoms with Crippen molar-refractivity contribution in [3.63, 3.8) is 0 Å². The number of aliphatic hydroxyl groups excluding tert-OH is 1. The first-order valence-corrected chi connectivity index (χ1v) is 9.69. The highest BCUT2D eigenvalue weighted by Crippen LogP contribution is 2.73. The summed E-state index contributed by atoms with van der Waals surface area (Å²) >= 11 is 0. The smallest absolute Gasteiger partial charge is 0.210 e. The number of carbonyl (C=O) groups is 3. The van der Waals surface area contributed by atoms with E-state index in [4.69, 9.17) is 0 Å². The molecule has 6 nitrogen and oxygen atoms in total. The Labute approximate surface area is 159 Å². The molecule has 2 fully saturated rings. The molecule has 3 aliphatic rings. The van der Waals surface area contributed by atoms with E-state index in [1.54, 1.807) is 27.7 Å². The van der Waals surface area contributed by atoms with E-state index in [1.165, 1.54) is 0 Å². The van der Waals surface area contributed by atoms with Crippen LogP contribution < -0.4 is 0 Å². The predicted octanol–water partition coefficient (Wildman–Crippen LogP) is 2.12. The third-order valence-electron chi connectivity index (χ3n) is 7.73. The maximum absolute atomic E-state index is 13.1. The molecule has 150 valence electrons. The second-order valence-electron chi connectivity index (χ2n) is 9.82. The third kappa shape index (κ3) is 2.11. The lowest BCUT2D eigenvalue weighted by atomic mass is 9.67. The van der Waals surface area contributed by atoms with Gasteiger partial charge in [0.15, 0.2) is 17.2 Å². The quantitative estimate of drug-likeness (QED) is 0.510. The van der Waals surface area contributed by atoms with E-state index in [0.717, 1.165) is 0 Å². The van der Waals surface area contributed by atoms with Gasteiger partial charge in [-0.25, -0.2) is 0 Å². The van der Waals surface area contributed by atoms with Crippen molar-refractivity contribution >= 4 is 17.3 Å². The monoisotopic (exact) mass is 378 g/mol. The largest absolute Gasteiger partial charge is 0.511 e. The number of hydrogen-bond donors (Lipinski definition) is 3. The zero-order chi connectivity index (χ0) is 20.7. The van der Waals surface area contributed by atoms with Gasteiger partial charge in [-0.2, -0.15) is 0 Å². The molecule has 5 atom stereocenters. The van der Waals surface area contributed by atoms with Gasteiger partial charge >= 0.3 is 0 Å². The highest BCUT2D eigenvalue weighted by molar-refractivity contribution is 6.33. The van der Waals surface area contributed by atoms with Gasteiger partial charge in [-0.1, -0.05) is 27.7 Å². The van der Waals surface area contributed by atoms with Crippen LogP contribution in [-0.2, 0) is 14.4 Å². The maximum atomic E-state index is 13.1. The van der Waals surface area contributed by atoms with Gasteiger partial charge in [0.25, 0.3) is 0 Å². The molecule has 3 aliphatic carbocycles. The molecule has 6 heteroatoms. The average molecular weight is 378 g/mol. The Morgan fingerprint density at radius 3 is 2.33 bits per heavy atom. The standard InChI is InChI=1S/C21H30O6/c1-7-10(2)15(23)14-16(24)20-9-12(19(5,6)26)18(3,4)11(20)8-13(22)21(20,27)17(14)25/h10-12,24,26-27H,7-9H2,1-6H3. The molecular weight excluding hydrogens is 348 g/mol. The first-order valence-electron chi connectivity index (χ1n) is 9.69. The lowest BCUT2D eigenvalue weighted by Crippen LogP contribution is -2.53. The van der Waals surface area contributed by atoms with Crippen molar-refractivity contribution in [3.05, 3.63) is 11.3 Å². The summed E-state index contributed by atoms with van der Waals surface area (Å²) in [6.07, 6.45) is 0.492. The summed E-state index contributed by atoms with van der Waals surface area (Å²) in [6.45, 7) is 10.5. The lowest BCUT2D eigenvalue weighted by molar-refractivity contribution is -0.154. The zero-order valence-corrected chi connectivity index (χ0v) is 16.9. The van der Waals surface area contributed by atoms with Gasteiger partial charge in [-0.05, 0) is 43.9 Å². The third-order valence-corrected chi connectivity index (χ3v) is 7.73. The minimum atomic E-state index is -2.42. The summed E-state index contributed by atoms with van der Waals surface area (Å²) < 4.78 is 0. The van der Waals surface area contributed by atoms with Crippen molar-refractivity contribution < 1.29 is 29.7 Å². The summed E-state index contributed by atoms with van der Waals surface area (Å²) in [4.78, 5) is 38.7. The molecule has 0 bridgehead atoms. The first kappa shape index (κ1) is 20.2. The van der Waals surface area contributed by atoms with Crippen molar-refractivity contribution in [2.45, 2.75) is 72.0 Å². The maximum Gasteiger partial charge on any atom is 0.210 e. The Kier molecular flexibility index (Phi) is 4.12. The van der Waals surface area contributed by atoms with Gasteiger partial charge < -0.3 is 15.3 Å². The van der Waals surface area contributed by atoms with Crippen LogP contribution in [0, 0.1) is 28.6 Å². The fraction of sp³-hybridized carbons (Fsp3) is 0.762. The molecule has 0 aromatic heterocycles. The van der Waals surface area contributed by atoms with Crippen LogP contribution in [0.4, 0.5) is 0 Å². The first-order chi connectivity index (χ1) is 12.2. The Hall–Kier alpha value is -1.53. The molecule has 0 heterocycles. The summed E-state index contributed by atoms with van der Waals surface area (Å²) in [5.74, 6) is -4.00. The molecule has 0 amide bonds. The number of rotatable bonds is 4. The van der Waals surface area contributed by atoms with Crippen molar-refractivity contribution in [2.75, 3.05) is 0 Å². The zero-order valence-electron chi connectivity index (χ0n) is 16.9. The Bertz CT molecular complexity index is 770. The van der Waals surface area contributed by atoms with Crippen LogP contribution in [0.2, 0.25) is 0 Å². The number of ketones is 3. The molecule has 0 aromatic carbocycles. The predicted molar refractivity (Wildman–Crippen MR) is 97.8 cm³/mol.